The van der Waals surface area contributed by atoms with E-state index < -0.39 is 0 Å². The van der Waals surface area contributed by atoms with Crippen LogP contribution in [0.25, 0.3) is 0 Å². The second-order valence-corrected chi connectivity index (χ2v) is 5.80. The van der Waals surface area contributed by atoms with E-state index in [9.17, 15) is 0 Å². The molecule has 0 radical (unpaired) electrons. The summed E-state index contributed by atoms with van der Waals surface area (Å²) in [5.74, 6) is 1.14. The Morgan fingerprint density at radius 2 is 2.30 bits per heavy atom. The second-order valence-electron chi connectivity index (χ2n) is 5.80. The summed E-state index contributed by atoms with van der Waals surface area (Å²) in [4.78, 5) is 0. The lowest BCUT2D eigenvalue weighted by atomic mass is 9.85. The van der Waals surface area contributed by atoms with Crippen molar-refractivity contribution in [3.8, 4) is 0 Å². The van der Waals surface area contributed by atoms with Crippen LogP contribution in [0, 0.1) is 11.8 Å². The minimum atomic E-state index is 0.350. The van der Waals surface area contributed by atoms with Gasteiger partial charge in [-0.3, -0.25) is 0 Å². The van der Waals surface area contributed by atoms with E-state index in [1.807, 2.05) is 0 Å². The normalized spacial score (nSPS) is 33.9. The summed E-state index contributed by atoms with van der Waals surface area (Å²) in [6, 6.07) is 0. The van der Waals surface area contributed by atoms with E-state index in [4.69, 9.17) is 9.47 Å². The molecule has 3 heteroatoms. The van der Waals surface area contributed by atoms with Crippen LogP contribution < -0.4 is 5.32 Å². The Bertz CT molecular complexity index is 483. The summed E-state index contributed by atoms with van der Waals surface area (Å²) in [7, 11) is 0. The lowest BCUT2D eigenvalue weighted by molar-refractivity contribution is 0.141. The molecule has 1 aliphatic carbocycles. The van der Waals surface area contributed by atoms with Crippen LogP contribution in [-0.4, -0.2) is 25.9 Å². The highest BCUT2D eigenvalue weighted by Gasteiger charge is 2.29. The average Bonchev–Trinajstić information content (AvgIpc) is 3.19. The third kappa shape index (κ3) is 3.05. The van der Waals surface area contributed by atoms with Gasteiger partial charge >= 0.3 is 0 Å². The summed E-state index contributed by atoms with van der Waals surface area (Å²) >= 11 is 0. The first-order chi connectivity index (χ1) is 9.75. The van der Waals surface area contributed by atoms with Gasteiger partial charge in [-0.2, -0.15) is 0 Å². The number of rotatable bonds is 5. The van der Waals surface area contributed by atoms with Crippen LogP contribution >= 0.6 is 0 Å². The molecule has 20 heavy (non-hydrogen) atoms. The molecule has 1 fully saturated rings. The first kappa shape index (κ1) is 13.7. The number of hydrogen-bond acceptors (Lipinski definition) is 3. The van der Waals surface area contributed by atoms with Crippen molar-refractivity contribution in [2.75, 3.05) is 19.8 Å². The zero-order valence-corrected chi connectivity index (χ0v) is 12.3. The highest BCUT2D eigenvalue weighted by Crippen LogP contribution is 2.38. The van der Waals surface area contributed by atoms with Crippen molar-refractivity contribution < 1.29 is 9.47 Å². The maximum atomic E-state index is 5.48. The molecule has 1 N–H and O–H groups in total. The van der Waals surface area contributed by atoms with Crippen LogP contribution in [0.15, 0.2) is 47.3 Å². The monoisotopic (exact) mass is 273 g/mol. The van der Waals surface area contributed by atoms with Gasteiger partial charge in [0.1, 0.15) is 6.10 Å². The Balaban J connectivity index is 1.51. The first-order valence-corrected chi connectivity index (χ1v) is 7.49. The second kappa shape index (κ2) is 5.98. The predicted octanol–water partition coefficient (Wildman–Crippen LogP) is 2.93. The van der Waals surface area contributed by atoms with E-state index in [0.717, 1.165) is 13.0 Å². The van der Waals surface area contributed by atoms with E-state index in [-0.39, 0.29) is 0 Å². The van der Waals surface area contributed by atoms with E-state index in [0.29, 0.717) is 31.2 Å². The molecule has 0 spiro atoms. The molecule has 0 aromatic heterocycles. The van der Waals surface area contributed by atoms with Crippen LogP contribution in [0.4, 0.5) is 0 Å². The highest BCUT2D eigenvalue weighted by molar-refractivity contribution is 5.43. The van der Waals surface area contributed by atoms with Crippen LogP contribution in [0.3, 0.4) is 0 Å². The van der Waals surface area contributed by atoms with E-state index in [1.54, 1.807) is 5.57 Å². The summed E-state index contributed by atoms with van der Waals surface area (Å²) in [5.41, 5.74) is 4.14. The zero-order chi connectivity index (χ0) is 13.9. The van der Waals surface area contributed by atoms with Crippen molar-refractivity contribution in [3.05, 3.63) is 47.3 Å². The Morgan fingerprint density at radius 3 is 3.05 bits per heavy atom. The number of nitrogens with one attached hydrogen (secondary N) is 1. The van der Waals surface area contributed by atoms with Gasteiger partial charge in [0.05, 0.1) is 19.8 Å². The molecular formula is C17H23NO2. The summed E-state index contributed by atoms with van der Waals surface area (Å²) in [6.07, 6.45) is 12.3. The molecular weight excluding hydrogens is 250 g/mol. The Kier molecular flexibility index (Phi) is 4.08. The number of allylic oxidation sites excluding steroid dienone is 5. The van der Waals surface area contributed by atoms with Crippen molar-refractivity contribution in [2.45, 2.75) is 26.4 Å². The number of ether oxygens (including phenoxy) is 2. The molecule has 108 valence electrons. The van der Waals surface area contributed by atoms with Gasteiger partial charge in [0, 0.05) is 17.3 Å². The lowest BCUT2D eigenvalue weighted by Gasteiger charge is -2.18. The van der Waals surface area contributed by atoms with Gasteiger partial charge in [-0.25, -0.2) is 0 Å². The third-order valence-electron chi connectivity index (χ3n) is 4.16. The number of epoxide rings is 1. The van der Waals surface area contributed by atoms with E-state index in [2.05, 4.69) is 49.5 Å². The Labute approximate surface area is 121 Å². The maximum Gasteiger partial charge on any atom is 0.104 e. The summed E-state index contributed by atoms with van der Waals surface area (Å²) in [6.45, 7) is 6.82. The van der Waals surface area contributed by atoms with Crippen molar-refractivity contribution in [3.63, 3.8) is 0 Å². The molecule has 0 amide bonds. The van der Waals surface area contributed by atoms with Crippen molar-refractivity contribution >= 4 is 0 Å². The predicted molar refractivity (Wildman–Crippen MR) is 80.0 cm³/mol. The van der Waals surface area contributed by atoms with E-state index >= 15 is 0 Å². The Hall–Kier alpha value is -1.32. The van der Waals surface area contributed by atoms with Gasteiger partial charge in [0.15, 0.2) is 0 Å². The van der Waals surface area contributed by atoms with Gasteiger partial charge in [0.2, 0.25) is 0 Å². The average molecular weight is 273 g/mol. The summed E-state index contributed by atoms with van der Waals surface area (Å²) in [5, 5.41) is 3.53. The van der Waals surface area contributed by atoms with Gasteiger partial charge in [0.25, 0.3) is 0 Å². The first-order valence-electron chi connectivity index (χ1n) is 7.49. The molecule has 0 aromatic rings. The zero-order valence-electron chi connectivity index (χ0n) is 12.3. The molecule has 2 aliphatic heterocycles. The molecule has 0 saturated carbocycles. The highest BCUT2D eigenvalue weighted by atomic mass is 16.6. The van der Waals surface area contributed by atoms with Crippen LogP contribution in [-0.2, 0) is 9.47 Å². The Morgan fingerprint density at radius 1 is 1.45 bits per heavy atom. The molecule has 3 rings (SSSR count). The van der Waals surface area contributed by atoms with Crippen molar-refractivity contribution in [1.82, 2.24) is 5.32 Å². The molecule has 0 aromatic carbocycles. The smallest absolute Gasteiger partial charge is 0.104 e. The molecule has 3 aliphatic rings. The van der Waals surface area contributed by atoms with Gasteiger partial charge in [-0.15, -0.1) is 0 Å². The third-order valence-corrected chi connectivity index (χ3v) is 4.16. The molecule has 0 bridgehead atoms. The lowest BCUT2D eigenvalue weighted by Crippen LogP contribution is -2.07. The van der Waals surface area contributed by atoms with Crippen molar-refractivity contribution in [2.24, 2.45) is 11.8 Å². The fourth-order valence-electron chi connectivity index (χ4n) is 2.93. The van der Waals surface area contributed by atoms with Crippen molar-refractivity contribution in [1.29, 1.82) is 0 Å². The largest absolute Gasteiger partial charge is 0.375 e. The van der Waals surface area contributed by atoms with Gasteiger partial charge in [-0.1, -0.05) is 32.1 Å². The molecule has 3 unspecified atom stereocenters. The molecule has 3 atom stereocenters. The summed E-state index contributed by atoms with van der Waals surface area (Å²) < 4.78 is 10.6. The molecule has 1 saturated heterocycles. The fourth-order valence-corrected chi connectivity index (χ4v) is 2.93. The topological polar surface area (TPSA) is 33.8 Å². The number of hydrogen-bond donors (Lipinski definition) is 1. The molecule has 2 heterocycles. The minimum Gasteiger partial charge on any atom is -0.375 e. The quantitative estimate of drug-likeness (QED) is 0.617. The molecule has 3 nitrogen and oxygen atoms in total. The van der Waals surface area contributed by atoms with Crippen LogP contribution in [0.5, 0.6) is 0 Å². The fraction of sp³-hybridized carbons (Fsp3) is 0.529. The van der Waals surface area contributed by atoms with E-state index in [1.165, 1.54) is 11.4 Å². The van der Waals surface area contributed by atoms with Crippen LogP contribution in [0.2, 0.25) is 0 Å². The maximum absolute atomic E-state index is 5.48. The standard InChI is InChI=1S/C17H23NO2/c1-12-6-5-8-16-17(12)13(2)15(18-16)7-3-4-9-19-10-14-11-20-14/h3-5,7-8,12-14,18H,6,9-11H2,1-2H3/b4-3-,15-7+. The van der Waals surface area contributed by atoms with Crippen LogP contribution in [0.1, 0.15) is 20.3 Å². The minimum absolute atomic E-state index is 0.350. The van der Waals surface area contributed by atoms with Gasteiger partial charge in [-0.05, 0) is 30.1 Å². The van der Waals surface area contributed by atoms with Gasteiger partial charge < -0.3 is 14.8 Å². The SMILES string of the molecule is CC1CC=CC2=C1C(C)/C(=C\C=C/COCC1CO1)N2.